The van der Waals surface area contributed by atoms with Crippen LogP contribution >= 0.6 is 12.4 Å². The number of furan rings is 1. The van der Waals surface area contributed by atoms with Crippen LogP contribution in [-0.4, -0.2) is 12.5 Å². The van der Waals surface area contributed by atoms with Crippen molar-refractivity contribution in [2.45, 2.75) is 39.7 Å². The number of amides is 1. The lowest BCUT2D eigenvalue weighted by atomic mass is 9.94. The highest BCUT2D eigenvalue weighted by Crippen LogP contribution is 2.50. The number of hydrogen-bond donors (Lipinski definition) is 2. The SMILES string of the molecule is CC(C)CC1(CNC(=O)c2coc(CN)c2)CC1.Cl. The zero-order valence-corrected chi connectivity index (χ0v) is 12.4. The minimum atomic E-state index is -0.0616. The van der Waals surface area contributed by atoms with Crippen molar-refractivity contribution in [3.63, 3.8) is 0 Å². The van der Waals surface area contributed by atoms with Crippen molar-refractivity contribution in [2.24, 2.45) is 17.1 Å². The molecule has 1 aliphatic rings. The first kappa shape index (κ1) is 16.1. The molecule has 0 saturated heterocycles. The fourth-order valence-corrected chi connectivity index (χ4v) is 2.47. The maximum absolute atomic E-state index is 11.9. The average molecular weight is 287 g/mol. The first-order chi connectivity index (χ1) is 8.54. The molecule has 1 fully saturated rings. The Labute approximate surface area is 120 Å². The molecule has 2 rings (SSSR count). The molecule has 1 aromatic rings. The molecule has 0 spiro atoms. The minimum Gasteiger partial charge on any atom is -0.467 e. The molecular formula is C14H23ClN2O2. The summed E-state index contributed by atoms with van der Waals surface area (Å²) in [5.41, 5.74) is 6.36. The highest BCUT2D eigenvalue weighted by molar-refractivity contribution is 5.94. The summed E-state index contributed by atoms with van der Waals surface area (Å²) in [5, 5.41) is 3.00. The van der Waals surface area contributed by atoms with E-state index in [0.717, 1.165) is 6.54 Å². The van der Waals surface area contributed by atoms with Gasteiger partial charge in [-0.25, -0.2) is 0 Å². The van der Waals surface area contributed by atoms with Gasteiger partial charge in [0.05, 0.1) is 12.1 Å². The summed E-state index contributed by atoms with van der Waals surface area (Å²) in [7, 11) is 0. The van der Waals surface area contributed by atoms with Gasteiger partial charge >= 0.3 is 0 Å². The molecule has 3 N–H and O–H groups in total. The number of nitrogens with one attached hydrogen (secondary N) is 1. The Hall–Kier alpha value is -1.00. The second kappa shape index (κ2) is 6.44. The van der Waals surface area contributed by atoms with Crippen LogP contribution in [0.1, 0.15) is 49.2 Å². The third kappa shape index (κ3) is 4.25. The Bertz CT molecular complexity index is 425. The molecule has 0 aliphatic heterocycles. The standard InChI is InChI=1S/C14H22N2O2.ClH/c1-10(2)6-14(3-4-14)9-16-13(17)11-5-12(7-15)18-8-11;/h5,8,10H,3-4,6-7,9,15H2,1-2H3,(H,16,17);1H. The van der Waals surface area contributed by atoms with E-state index in [0.29, 0.717) is 29.2 Å². The van der Waals surface area contributed by atoms with Crippen molar-refractivity contribution < 1.29 is 9.21 Å². The van der Waals surface area contributed by atoms with Crippen molar-refractivity contribution in [3.05, 3.63) is 23.7 Å². The summed E-state index contributed by atoms with van der Waals surface area (Å²) in [5.74, 6) is 1.26. The Morgan fingerprint density at radius 2 is 2.21 bits per heavy atom. The number of carbonyl (C=O) groups excluding carboxylic acids is 1. The fourth-order valence-electron chi connectivity index (χ4n) is 2.47. The van der Waals surface area contributed by atoms with Crippen molar-refractivity contribution >= 4 is 18.3 Å². The lowest BCUT2D eigenvalue weighted by Crippen LogP contribution is -2.30. The van der Waals surface area contributed by atoms with Gasteiger partial charge in [0.15, 0.2) is 0 Å². The van der Waals surface area contributed by atoms with Gasteiger partial charge in [-0.3, -0.25) is 4.79 Å². The van der Waals surface area contributed by atoms with Gasteiger partial charge in [0, 0.05) is 6.54 Å². The number of rotatable bonds is 6. The number of carbonyl (C=O) groups is 1. The molecule has 108 valence electrons. The number of nitrogens with two attached hydrogens (primary N) is 1. The number of halogens is 1. The molecular weight excluding hydrogens is 264 g/mol. The first-order valence-corrected chi connectivity index (χ1v) is 6.60. The molecule has 1 amide bonds. The van der Waals surface area contributed by atoms with Crippen LogP contribution in [-0.2, 0) is 6.54 Å². The van der Waals surface area contributed by atoms with Gasteiger partial charge in [0.25, 0.3) is 5.91 Å². The monoisotopic (exact) mass is 286 g/mol. The average Bonchev–Trinajstić information content (AvgIpc) is 2.92. The van der Waals surface area contributed by atoms with Gasteiger partial charge in [0.2, 0.25) is 0 Å². The van der Waals surface area contributed by atoms with Crippen LogP contribution in [0, 0.1) is 11.3 Å². The Kier molecular flexibility index (Phi) is 5.44. The zero-order valence-electron chi connectivity index (χ0n) is 11.6. The second-order valence-electron chi connectivity index (χ2n) is 5.79. The molecule has 0 bridgehead atoms. The molecule has 5 heteroatoms. The molecule has 1 heterocycles. The van der Waals surface area contributed by atoms with Crippen LogP contribution in [0.5, 0.6) is 0 Å². The fraction of sp³-hybridized carbons (Fsp3) is 0.643. The molecule has 0 unspecified atom stereocenters. The highest BCUT2D eigenvalue weighted by atomic mass is 35.5. The van der Waals surface area contributed by atoms with Crippen LogP contribution in [0.4, 0.5) is 0 Å². The second-order valence-corrected chi connectivity index (χ2v) is 5.79. The predicted octanol–water partition coefficient (Wildman–Crippen LogP) is 2.72. The zero-order chi connectivity index (χ0) is 13.2. The van der Waals surface area contributed by atoms with Gasteiger partial charge in [-0.2, -0.15) is 0 Å². The lowest BCUT2D eigenvalue weighted by Gasteiger charge is -2.17. The molecule has 1 aliphatic carbocycles. The number of hydrogen-bond acceptors (Lipinski definition) is 3. The summed E-state index contributed by atoms with van der Waals surface area (Å²) in [6.07, 6.45) is 5.11. The summed E-state index contributed by atoms with van der Waals surface area (Å²) < 4.78 is 5.16. The van der Waals surface area contributed by atoms with E-state index in [1.165, 1.54) is 25.5 Å². The Balaban J connectivity index is 0.00000180. The van der Waals surface area contributed by atoms with E-state index < -0.39 is 0 Å². The van der Waals surface area contributed by atoms with Gasteiger partial charge < -0.3 is 15.5 Å². The smallest absolute Gasteiger partial charge is 0.254 e. The van der Waals surface area contributed by atoms with Crippen molar-refractivity contribution in [3.8, 4) is 0 Å². The van der Waals surface area contributed by atoms with Crippen molar-refractivity contribution in [1.29, 1.82) is 0 Å². The molecule has 0 atom stereocenters. The van der Waals surface area contributed by atoms with Gasteiger partial charge in [0.1, 0.15) is 12.0 Å². The van der Waals surface area contributed by atoms with E-state index >= 15 is 0 Å². The summed E-state index contributed by atoms with van der Waals surface area (Å²) >= 11 is 0. The van der Waals surface area contributed by atoms with E-state index in [9.17, 15) is 4.79 Å². The molecule has 0 aromatic carbocycles. The van der Waals surface area contributed by atoms with Crippen LogP contribution < -0.4 is 11.1 Å². The predicted molar refractivity (Wildman–Crippen MR) is 77.3 cm³/mol. The van der Waals surface area contributed by atoms with Gasteiger partial charge in [-0.05, 0) is 36.7 Å². The van der Waals surface area contributed by atoms with Crippen molar-refractivity contribution in [2.75, 3.05) is 6.54 Å². The van der Waals surface area contributed by atoms with Crippen molar-refractivity contribution in [1.82, 2.24) is 5.32 Å². The molecule has 1 saturated carbocycles. The molecule has 19 heavy (non-hydrogen) atoms. The van der Waals surface area contributed by atoms with E-state index in [4.69, 9.17) is 10.2 Å². The third-order valence-electron chi connectivity index (χ3n) is 3.54. The maximum Gasteiger partial charge on any atom is 0.254 e. The van der Waals surface area contributed by atoms with Gasteiger partial charge in [-0.15, -0.1) is 12.4 Å². The first-order valence-electron chi connectivity index (χ1n) is 6.60. The van der Waals surface area contributed by atoms with Crippen LogP contribution in [0.3, 0.4) is 0 Å². The Morgan fingerprint density at radius 3 is 2.68 bits per heavy atom. The van der Waals surface area contributed by atoms with Crippen LogP contribution in [0.15, 0.2) is 16.7 Å². The topological polar surface area (TPSA) is 68.3 Å². The lowest BCUT2D eigenvalue weighted by molar-refractivity contribution is 0.0941. The minimum absolute atomic E-state index is 0. The largest absolute Gasteiger partial charge is 0.467 e. The molecule has 0 radical (unpaired) electrons. The van der Waals surface area contributed by atoms with E-state index in [2.05, 4.69) is 19.2 Å². The van der Waals surface area contributed by atoms with Gasteiger partial charge in [-0.1, -0.05) is 13.8 Å². The Morgan fingerprint density at radius 1 is 1.53 bits per heavy atom. The highest BCUT2D eigenvalue weighted by Gasteiger charge is 2.42. The maximum atomic E-state index is 11.9. The summed E-state index contributed by atoms with van der Waals surface area (Å²) in [6.45, 7) is 5.55. The molecule has 4 nitrogen and oxygen atoms in total. The van der Waals surface area contributed by atoms with Crippen LogP contribution in [0.25, 0.3) is 0 Å². The van der Waals surface area contributed by atoms with E-state index in [1.807, 2.05) is 0 Å². The quantitative estimate of drug-likeness (QED) is 0.845. The molecule has 1 aromatic heterocycles. The van der Waals surface area contributed by atoms with Crippen LogP contribution in [0.2, 0.25) is 0 Å². The van der Waals surface area contributed by atoms with E-state index in [1.54, 1.807) is 6.07 Å². The normalized spacial score (nSPS) is 16.0. The van der Waals surface area contributed by atoms with E-state index in [-0.39, 0.29) is 18.3 Å². The summed E-state index contributed by atoms with van der Waals surface area (Å²) in [6, 6.07) is 1.71. The third-order valence-corrected chi connectivity index (χ3v) is 3.54. The summed E-state index contributed by atoms with van der Waals surface area (Å²) in [4.78, 5) is 11.9.